The Morgan fingerprint density at radius 2 is 2.19 bits per heavy atom. The molecule has 0 bridgehead atoms. The average molecular weight is 460 g/mol. The molecule has 1 saturated carbocycles. The van der Waals surface area contributed by atoms with Gasteiger partial charge in [-0.1, -0.05) is 5.16 Å². The first kappa shape index (κ1) is 20.8. The molecule has 9 nitrogen and oxygen atoms in total. The number of anilines is 1. The van der Waals surface area contributed by atoms with Crippen LogP contribution in [0.4, 0.5) is 10.1 Å². The first-order chi connectivity index (χ1) is 15.4. The number of ether oxygens (including phenoxy) is 1. The molecular weight excluding hydrogens is 437 g/mol. The predicted molar refractivity (Wildman–Crippen MR) is 120 cm³/mol. The molecule has 0 spiro atoms. The van der Waals surface area contributed by atoms with E-state index in [1.807, 2.05) is 9.47 Å². The molecule has 1 aromatic carbocycles. The van der Waals surface area contributed by atoms with E-state index in [9.17, 15) is 9.59 Å². The van der Waals surface area contributed by atoms with Crippen LogP contribution in [-0.2, 0) is 9.63 Å². The van der Waals surface area contributed by atoms with Crippen LogP contribution in [0.2, 0.25) is 0 Å². The van der Waals surface area contributed by atoms with Crippen molar-refractivity contribution in [2.24, 2.45) is 16.8 Å². The van der Waals surface area contributed by atoms with Gasteiger partial charge in [0.1, 0.15) is 23.1 Å². The van der Waals surface area contributed by atoms with Crippen LogP contribution >= 0.6 is 11.5 Å². The fourth-order valence-electron chi connectivity index (χ4n) is 4.32. The van der Waals surface area contributed by atoms with Crippen LogP contribution in [0.1, 0.15) is 25.8 Å². The van der Waals surface area contributed by atoms with E-state index in [0.29, 0.717) is 35.7 Å². The van der Waals surface area contributed by atoms with Crippen molar-refractivity contribution >= 4 is 50.0 Å². The number of carbonyl (C=O) groups excluding carboxylic acids is 1. The lowest BCUT2D eigenvalue weighted by atomic mass is 10.1. The zero-order valence-corrected chi connectivity index (χ0v) is 18.4. The van der Waals surface area contributed by atoms with E-state index in [1.54, 1.807) is 6.07 Å². The molecule has 168 valence electrons. The van der Waals surface area contributed by atoms with Crippen LogP contribution in [0.25, 0.3) is 21.1 Å². The highest BCUT2D eigenvalue weighted by atomic mass is 32.1. The van der Waals surface area contributed by atoms with Gasteiger partial charge in [-0.25, -0.2) is 4.39 Å². The molecule has 11 heteroatoms. The van der Waals surface area contributed by atoms with E-state index in [0.717, 1.165) is 30.1 Å². The Labute approximate surface area is 186 Å². The molecule has 1 saturated heterocycles. The van der Waals surface area contributed by atoms with Gasteiger partial charge in [0.05, 0.1) is 23.5 Å². The van der Waals surface area contributed by atoms with E-state index in [4.69, 9.17) is 15.3 Å². The van der Waals surface area contributed by atoms with Gasteiger partial charge >= 0.3 is 5.97 Å². The predicted octanol–water partition coefficient (Wildman–Crippen LogP) is 2.41. The number of halogens is 1. The summed E-state index contributed by atoms with van der Waals surface area (Å²) in [6, 6.07) is 3.17. The van der Waals surface area contributed by atoms with Gasteiger partial charge in [-0.15, -0.1) is 0 Å². The van der Waals surface area contributed by atoms with Crippen LogP contribution in [-0.4, -0.2) is 47.4 Å². The average Bonchev–Trinajstić information content (AvgIpc) is 3.38. The summed E-state index contributed by atoms with van der Waals surface area (Å²) in [5.74, 6) is -1.13. The second-order valence-corrected chi connectivity index (χ2v) is 8.84. The molecule has 2 N–H and O–H groups in total. The first-order valence-corrected chi connectivity index (χ1v) is 11.1. The van der Waals surface area contributed by atoms with Crippen molar-refractivity contribution in [3.63, 3.8) is 0 Å². The third-order valence-corrected chi connectivity index (χ3v) is 6.74. The minimum Gasteiger partial charge on any atom is -0.406 e. The van der Waals surface area contributed by atoms with E-state index in [2.05, 4.69) is 9.53 Å². The Morgan fingerprint density at radius 1 is 1.41 bits per heavy atom. The van der Waals surface area contributed by atoms with Crippen molar-refractivity contribution in [2.45, 2.75) is 25.8 Å². The van der Waals surface area contributed by atoms with E-state index < -0.39 is 17.2 Å². The number of pyridine rings is 1. The summed E-state index contributed by atoms with van der Waals surface area (Å²) in [5, 5.41) is 4.50. The maximum absolute atomic E-state index is 15.3. The second kappa shape index (κ2) is 7.82. The molecular formula is C21H22FN5O4S. The molecule has 3 heterocycles. The van der Waals surface area contributed by atoms with Crippen LogP contribution in [0, 0.1) is 11.7 Å². The summed E-state index contributed by atoms with van der Waals surface area (Å²) in [6.07, 6.45) is 1.90. The molecule has 2 fully saturated rings. The van der Waals surface area contributed by atoms with Gasteiger partial charge < -0.3 is 24.8 Å². The molecule has 1 unspecified atom stereocenters. The normalized spacial score (nSPS) is 19.9. The lowest BCUT2D eigenvalue weighted by Gasteiger charge is -2.20. The fourth-order valence-corrected chi connectivity index (χ4v) is 5.23. The maximum atomic E-state index is 15.3. The van der Waals surface area contributed by atoms with Crippen molar-refractivity contribution in [2.75, 3.05) is 31.6 Å². The Bertz CT molecular complexity index is 1330. The molecule has 1 atom stereocenters. The molecule has 2 aromatic heterocycles. The molecule has 0 amide bonds. The minimum absolute atomic E-state index is 0.0194. The number of hydrogen-bond acceptors (Lipinski definition) is 9. The van der Waals surface area contributed by atoms with Crippen LogP contribution < -0.4 is 20.8 Å². The summed E-state index contributed by atoms with van der Waals surface area (Å²) < 4.78 is 26.7. The van der Waals surface area contributed by atoms with Gasteiger partial charge in [0.25, 0.3) is 0 Å². The third kappa shape index (κ3) is 3.32. The minimum atomic E-state index is -0.562. The summed E-state index contributed by atoms with van der Waals surface area (Å²) >= 11 is 1.11. The number of aromatic nitrogens is 2. The summed E-state index contributed by atoms with van der Waals surface area (Å²) in [4.78, 5) is 32.2. The molecule has 2 aliphatic rings. The third-order valence-electron chi connectivity index (χ3n) is 5.91. The van der Waals surface area contributed by atoms with Crippen molar-refractivity contribution < 1.29 is 18.8 Å². The smallest absolute Gasteiger partial charge is 0.309 e. The number of nitrogens with zero attached hydrogens (tertiary/aromatic N) is 4. The molecule has 5 rings (SSSR count). The van der Waals surface area contributed by atoms with Gasteiger partial charge in [-0.3, -0.25) is 9.59 Å². The topological polar surface area (TPSA) is 112 Å². The molecule has 3 aromatic rings. The van der Waals surface area contributed by atoms with Gasteiger partial charge in [0, 0.05) is 37.4 Å². The number of oxime groups is 1. The second-order valence-electron chi connectivity index (χ2n) is 8.09. The van der Waals surface area contributed by atoms with Crippen molar-refractivity contribution in [1.29, 1.82) is 0 Å². The molecule has 1 aliphatic heterocycles. The molecule has 1 aliphatic carbocycles. The number of rotatable bonds is 5. The number of benzene rings is 1. The first-order valence-electron chi connectivity index (χ1n) is 10.3. The highest BCUT2D eigenvalue weighted by Gasteiger charge is 2.33. The summed E-state index contributed by atoms with van der Waals surface area (Å²) in [5.41, 5.74) is 7.26. The largest absolute Gasteiger partial charge is 0.406 e. The van der Waals surface area contributed by atoms with E-state index in [-0.39, 0.29) is 28.6 Å². The highest BCUT2D eigenvalue weighted by Crippen LogP contribution is 2.43. The molecule has 0 radical (unpaired) electrons. The highest BCUT2D eigenvalue weighted by molar-refractivity contribution is 7.13. The lowest BCUT2D eigenvalue weighted by molar-refractivity contribution is -0.132. The fraction of sp³-hybridized carbons (Fsp3) is 0.429. The number of esters is 1. The summed E-state index contributed by atoms with van der Waals surface area (Å²) in [7, 11) is 1.47. The number of carbonyl (C=O) groups is 1. The number of hydrogen-bond donors (Lipinski definition) is 1. The van der Waals surface area contributed by atoms with Gasteiger partial charge in [0.15, 0.2) is 0 Å². The number of nitrogens with two attached hydrogens (primary N) is 1. The van der Waals surface area contributed by atoms with Crippen molar-refractivity contribution in [1.82, 2.24) is 8.94 Å². The molecule has 32 heavy (non-hydrogen) atoms. The van der Waals surface area contributed by atoms with Crippen LogP contribution in [0.3, 0.4) is 0 Å². The van der Waals surface area contributed by atoms with Crippen molar-refractivity contribution in [3.05, 3.63) is 28.2 Å². The Hall–Kier alpha value is -3.05. The lowest BCUT2D eigenvalue weighted by Crippen LogP contribution is -2.24. The van der Waals surface area contributed by atoms with Crippen LogP contribution in [0.15, 0.2) is 22.1 Å². The Morgan fingerprint density at radius 3 is 2.84 bits per heavy atom. The SMILES string of the molecule is CO/N=C1\CN(c2cc3c(cc2F)c(=O)c2c(OC(C)=O)nsc2n3C2CC2)CC1CN. The summed E-state index contributed by atoms with van der Waals surface area (Å²) in [6.45, 7) is 2.53. The Kier molecular flexibility index (Phi) is 5.09. The zero-order chi connectivity index (χ0) is 22.6. The Balaban J connectivity index is 1.71. The van der Waals surface area contributed by atoms with E-state index in [1.165, 1.54) is 20.1 Å². The standard InChI is InChI=1S/C21H22FN5O4S/c1-10(28)31-20-18-19(29)13-5-14(22)17(26-8-11(7-23)15(9-26)24-30-2)6-16(13)27(12-3-4-12)21(18)32-25-20/h5-6,11-12H,3-4,7-9,23H2,1-2H3/b24-15+. The quantitative estimate of drug-likeness (QED) is 0.461. The van der Waals surface area contributed by atoms with Gasteiger partial charge in [0.2, 0.25) is 11.3 Å². The zero-order valence-electron chi connectivity index (χ0n) is 17.6. The van der Waals surface area contributed by atoms with E-state index >= 15 is 4.39 Å². The van der Waals surface area contributed by atoms with Gasteiger partial charge in [-0.05, 0) is 36.5 Å². The van der Waals surface area contributed by atoms with Gasteiger partial charge in [-0.2, -0.15) is 4.37 Å². The maximum Gasteiger partial charge on any atom is 0.309 e. The number of fused-ring (bicyclic) bond motifs is 2. The van der Waals surface area contributed by atoms with Crippen LogP contribution in [0.5, 0.6) is 5.88 Å². The monoisotopic (exact) mass is 459 g/mol. The van der Waals surface area contributed by atoms with Crippen molar-refractivity contribution in [3.8, 4) is 5.88 Å².